The van der Waals surface area contributed by atoms with Crippen molar-refractivity contribution < 1.29 is 13.2 Å². The highest BCUT2D eigenvalue weighted by atomic mass is 32.2. The Morgan fingerprint density at radius 3 is 3.05 bits per heavy atom. The van der Waals surface area contributed by atoms with Crippen LogP contribution in [0, 0.1) is 5.92 Å². The number of carbonyl (C=O) groups is 1. The summed E-state index contributed by atoms with van der Waals surface area (Å²) in [7, 11) is -3.22. The Balaban J connectivity index is 1.88. The van der Waals surface area contributed by atoms with Gasteiger partial charge in [0.05, 0.1) is 18.7 Å². The fraction of sp³-hybridized carbons (Fsp3) is 0.636. The van der Waals surface area contributed by atoms with E-state index < -0.39 is 10.0 Å². The maximum atomic E-state index is 12.0. The lowest BCUT2D eigenvalue weighted by Gasteiger charge is -2.30. The second-order valence-corrected chi connectivity index (χ2v) is 6.70. The molecular formula is C11H18N4O3S. The van der Waals surface area contributed by atoms with Crippen LogP contribution in [0.2, 0.25) is 0 Å². The van der Waals surface area contributed by atoms with Crippen LogP contribution in [0.25, 0.3) is 0 Å². The van der Waals surface area contributed by atoms with E-state index in [4.69, 9.17) is 0 Å². The number of nitrogens with one attached hydrogen (secondary N) is 2. The molecule has 7 nitrogen and oxygen atoms in total. The monoisotopic (exact) mass is 286 g/mol. The normalized spacial score (nSPS) is 21.2. The van der Waals surface area contributed by atoms with Crippen molar-refractivity contribution in [1.29, 1.82) is 0 Å². The minimum Gasteiger partial charge on any atom is -0.349 e. The lowest BCUT2D eigenvalue weighted by atomic mass is 9.99. The summed E-state index contributed by atoms with van der Waals surface area (Å²) in [4.78, 5) is 18.9. The number of amides is 1. The van der Waals surface area contributed by atoms with E-state index in [-0.39, 0.29) is 18.4 Å². The van der Waals surface area contributed by atoms with Crippen LogP contribution in [0.1, 0.15) is 18.7 Å². The van der Waals surface area contributed by atoms with Gasteiger partial charge < -0.3 is 10.3 Å². The number of sulfonamides is 1. The number of aromatic amines is 1. The van der Waals surface area contributed by atoms with E-state index in [0.717, 1.165) is 6.42 Å². The summed E-state index contributed by atoms with van der Waals surface area (Å²) in [6, 6.07) is 0. The fourth-order valence-corrected chi connectivity index (χ4v) is 3.08. The van der Waals surface area contributed by atoms with Crippen molar-refractivity contribution in [3.8, 4) is 0 Å². The Hall–Kier alpha value is -1.41. The zero-order valence-electron chi connectivity index (χ0n) is 10.8. The van der Waals surface area contributed by atoms with E-state index >= 15 is 0 Å². The third-order valence-corrected chi connectivity index (χ3v) is 4.48. The highest BCUT2D eigenvalue weighted by molar-refractivity contribution is 7.88. The molecule has 1 aliphatic heterocycles. The van der Waals surface area contributed by atoms with E-state index in [1.807, 2.05) is 0 Å². The third-order valence-electron chi connectivity index (χ3n) is 3.21. The van der Waals surface area contributed by atoms with E-state index in [0.29, 0.717) is 25.3 Å². The van der Waals surface area contributed by atoms with Crippen molar-refractivity contribution in [2.24, 2.45) is 5.92 Å². The zero-order chi connectivity index (χ0) is 13.9. The lowest BCUT2D eigenvalue weighted by Crippen LogP contribution is -2.44. The number of hydrogen-bond acceptors (Lipinski definition) is 4. The highest BCUT2D eigenvalue weighted by Gasteiger charge is 2.29. The third kappa shape index (κ3) is 3.77. The number of imidazole rings is 1. The second kappa shape index (κ2) is 5.70. The first-order chi connectivity index (χ1) is 8.97. The zero-order valence-corrected chi connectivity index (χ0v) is 11.6. The summed E-state index contributed by atoms with van der Waals surface area (Å²) >= 11 is 0. The van der Waals surface area contributed by atoms with Gasteiger partial charge in [-0.3, -0.25) is 4.79 Å². The van der Waals surface area contributed by atoms with E-state index in [2.05, 4.69) is 15.3 Å². The molecular weight excluding hydrogens is 268 g/mol. The molecule has 1 saturated heterocycles. The summed E-state index contributed by atoms with van der Waals surface area (Å²) in [5.41, 5.74) is 0. The van der Waals surface area contributed by atoms with Crippen LogP contribution in [0.3, 0.4) is 0 Å². The average Bonchev–Trinajstić information content (AvgIpc) is 2.88. The summed E-state index contributed by atoms with van der Waals surface area (Å²) in [5, 5.41) is 2.77. The maximum Gasteiger partial charge on any atom is 0.224 e. The first-order valence-electron chi connectivity index (χ1n) is 6.18. The van der Waals surface area contributed by atoms with Crippen LogP contribution in [-0.2, 0) is 21.4 Å². The predicted molar refractivity (Wildman–Crippen MR) is 69.6 cm³/mol. The van der Waals surface area contributed by atoms with Crippen molar-refractivity contribution in [3.63, 3.8) is 0 Å². The highest BCUT2D eigenvalue weighted by Crippen LogP contribution is 2.18. The van der Waals surface area contributed by atoms with Gasteiger partial charge in [-0.2, -0.15) is 0 Å². The number of rotatable bonds is 4. The van der Waals surface area contributed by atoms with Gasteiger partial charge in [-0.1, -0.05) is 0 Å². The number of carbonyl (C=O) groups excluding carboxylic acids is 1. The molecule has 0 aromatic carbocycles. The van der Waals surface area contributed by atoms with Crippen LogP contribution in [0.5, 0.6) is 0 Å². The van der Waals surface area contributed by atoms with Crippen LogP contribution in [0.4, 0.5) is 0 Å². The van der Waals surface area contributed by atoms with Crippen LogP contribution in [-0.4, -0.2) is 47.9 Å². The van der Waals surface area contributed by atoms with Crippen molar-refractivity contribution >= 4 is 15.9 Å². The number of piperidine rings is 1. The molecule has 0 spiro atoms. The van der Waals surface area contributed by atoms with Crippen LogP contribution >= 0.6 is 0 Å². The summed E-state index contributed by atoms with van der Waals surface area (Å²) < 4.78 is 24.3. The van der Waals surface area contributed by atoms with Gasteiger partial charge in [-0.25, -0.2) is 17.7 Å². The molecule has 2 N–H and O–H groups in total. The van der Waals surface area contributed by atoms with Gasteiger partial charge >= 0.3 is 0 Å². The Morgan fingerprint density at radius 1 is 1.63 bits per heavy atom. The number of nitrogens with zero attached hydrogens (tertiary/aromatic N) is 2. The molecule has 1 fully saturated rings. The SMILES string of the molecule is CS(=O)(=O)N1CCCC(C(=O)NCc2ncc[nH]2)C1. The van der Waals surface area contributed by atoms with Gasteiger partial charge in [0.15, 0.2) is 0 Å². The Bertz CT molecular complexity index is 526. The van der Waals surface area contributed by atoms with Crippen LogP contribution < -0.4 is 5.32 Å². The van der Waals surface area contributed by atoms with Gasteiger partial charge in [0.25, 0.3) is 0 Å². The molecule has 1 aromatic rings. The number of hydrogen-bond donors (Lipinski definition) is 2. The fourth-order valence-electron chi connectivity index (χ4n) is 2.17. The molecule has 1 unspecified atom stereocenters. The second-order valence-electron chi connectivity index (χ2n) is 4.71. The van der Waals surface area contributed by atoms with Gasteiger partial charge in [-0.15, -0.1) is 0 Å². The maximum absolute atomic E-state index is 12.0. The topological polar surface area (TPSA) is 95.2 Å². The Kier molecular flexibility index (Phi) is 4.20. The summed E-state index contributed by atoms with van der Waals surface area (Å²) in [6.07, 6.45) is 5.92. The largest absolute Gasteiger partial charge is 0.349 e. The van der Waals surface area contributed by atoms with E-state index in [1.165, 1.54) is 10.6 Å². The van der Waals surface area contributed by atoms with Crippen molar-refractivity contribution in [3.05, 3.63) is 18.2 Å². The molecule has 2 rings (SSSR count). The van der Waals surface area contributed by atoms with Crippen molar-refractivity contribution in [2.75, 3.05) is 19.3 Å². The lowest BCUT2D eigenvalue weighted by molar-refractivity contribution is -0.126. The smallest absolute Gasteiger partial charge is 0.224 e. The molecule has 0 bridgehead atoms. The predicted octanol–water partition coefficient (Wildman–Crippen LogP) is -0.302. The molecule has 1 aromatic heterocycles. The first kappa shape index (κ1) is 14.0. The summed E-state index contributed by atoms with van der Waals surface area (Å²) in [5.74, 6) is 0.285. The molecule has 106 valence electrons. The van der Waals surface area contributed by atoms with Gasteiger partial charge in [-0.05, 0) is 12.8 Å². The molecule has 1 amide bonds. The van der Waals surface area contributed by atoms with Crippen molar-refractivity contribution in [2.45, 2.75) is 19.4 Å². The Labute approximate surface area is 112 Å². The van der Waals surface area contributed by atoms with Crippen molar-refractivity contribution in [1.82, 2.24) is 19.6 Å². The summed E-state index contributed by atoms with van der Waals surface area (Å²) in [6.45, 7) is 1.10. The van der Waals surface area contributed by atoms with Gasteiger partial charge in [0.2, 0.25) is 15.9 Å². The van der Waals surface area contributed by atoms with Gasteiger partial charge in [0.1, 0.15) is 5.82 Å². The molecule has 1 atom stereocenters. The number of H-pyrrole nitrogens is 1. The van der Waals surface area contributed by atoms with Crippen LogP contribution in [0.15, 0.2) is 12.4 Å². The molecule has 1 aliphatic rings. The molecule has 0 radical (unpaired) electrons. The van der Waals surface area contributed by atoms with E-state index in [9.17, 15) is 13.2 Å². The van der Waals surface area contributed by atoms with Gasteiger partial charge in [0, 0.05) is 25.5 Å². The Morgan fingerprint density at radius 2 is 2.42 bits per heavy atom. The number of aromatic nitrogens is 2. The van der Waals surface area contributed by atoms with E-state index in [1.54, 1.807) is 12.4 Å². The first-order valence-corrected chi connectivity index (χ1v) is 8.03. The molecule has 0 saturated carbocycles. The molecule has 0 aliphatic carbocycles. The standard InChI is InChI=1S/C11H18N4O3S/c1-19(17,18)15-6-2-3-9(8-15)11(16)14-7-10-12-4-5-13-10/h4-5,9H,2-3,6-8H2,1H3,(H,12,13)(H,14,16). The molecule has 2 heterocycles. The minimum absolute atomic E-state index is 0.121. The quantitative estimate of drug-likeness (QED) is 0.794. The molecule has 8 heteroatoms. The minimum atomic E-state index is -3.22. The molecule has 19 heavy (non-hydrogen) atoms. The average molecular weight is 286 g/mol.